The first kappa shape index (κ1) is 17.6. The van der Waals surface area contributed by atoms with Gasteiger partial charge in [-0.05, 0) is 67.1 Å². The van der Waals surface area contributed by atoms with Crippen LogP contribution in [0.2, 0.25) is 0 Å². The molecule has 3 aromatic carbocycles. The summed E-state index contributed by atoms with van der Waals surface area (Å²) in [4.78, 5) is 16.9. The van der Waals surface area contributed by atoms with Crippen LogP contribution in [0.1, 0.15) is 15.9 Å². The highest BCUT2D eigenvalue weighted by Crippen LogP contribution is 2.25. The number of ether oxygens (including phenoxy) is 1. The van der Waals surface area contributed by atoms with Crippen LogP contribution in [0.4, 0.5) is 5.69 Å². The molecule has 1 heterocycles. The van der Waals surface area contributed by atoms with E-state index in [1.807, 2.05) is 37.3 Å². The maximum atomic E-state index is 12.4. The van der Waals surface area contributed by atoms with E-state index in [0.29, 0.717) is 28.3 Å². The van der Waals surface area contributed by atoms with Gasteiger partial charge in [0.05, 0.1) is 12.6 Å². The van der Waals surface area contributed by atoms with E-state index in [1.165, 1.54) is 0 Å². The van der Waals surface area contributed by atoms with Gasteiger partial charge < -0.3 is 15.3 Å². The second-order valence-corrected chi connectivity index (χ2v) is 6.50. The van der Waals surface area contributed by atoms with Gasteiger partial charge >= 0.3 is 0 Å². The number of hydrogen-bond acceptors (Lipinski definition) is 4. The molecule has 2 N–H and O–H groups in total. The fourth-order valence-electron chi connectivity index (χ4n) is 3.03. The van der Waals surface area contributed by atoms with E-state index in [4.69, 9.17) is 4.74 Å². The summed E-state index contributed by atoms with van der Waals surface area (Å²) in [6.45, 7) is 1.96. The number of carbonyl (C=O) groups is 1. The molecule has 6 heteroatoms. The van der Waals surface area contributed by atoms with E-state index in [9.17, 15) is 10.0 Å². The fraction of sp³-hybridized carbons (Fsp3) is 0.0909. The monoisotopic (exact) mass is 373 g/mol. The highest BCUT2D eigenvalue weighted by atomic mass is 16.5. The first-order chi connectivity index (χ1) is 13.5. The van der Waals surface area contributed by atoms with E-state index < -0.39 is 0 Å². The number of benzene rings is 3. The minimum Gasteiger partial charge on any atom is -0.497 e. The third kappa shape index (κ3) is 3.27. The number of aromatic nitrogens is 2. The van der Waals surface area contributed by atoms with Crippen LogP contribution in [0.25, 0.3) is 22.4 Å². The van der Waals surface area contributed by atoms with Crippen molar-refractivity contribution in [3.05, 3.63) is 77.9 Å². The zero-order valence-electron chi connectivity index (χ0n) is 15.5. The van der Waals surface area contributed by atoms with E-state index in [0.717, 1.165) is 21.4 Å². The highest BCUT2D eigenvalue weighted by molar-refractivity contribution is 6.04. The zero-order chi connectivity index (χ0) is 19.7. The minimum absolute atomic E-state index is 0.225. The molecule has 140 valence electrons. The molecule has 0 spiro atoms. The predicted molar refractivity (Wildman–Crippen MR) is 108 cm³/mol. The lowest BCUT2D eigenvalue weighted by molar-refractivity contribution is 0.102. The molecule has 0 aliphatic heterocycles. The Hall–Kier alpha value is -3.80. The van der Waals surface area contributed by atoms with Crippen molar-refractivity contribution in [3.8, 4) is 17.1 Å². The van der Waals surface area contributed by atoms with Gasteiger partial charge in [0.2, 0.25) is 0 Å². The molecule has 0 atom stereocenters. The molecule has 0 aliphatic rings. The molecule has 6 nitrogen and oxygen atoms in total. The first-order valence-electron chi connectivity index (χ1n) is 8.79. The maximum absolute atomic E-state index is 12.4. The molecule has 1 amide bonds. The molecule has 4 aromatic rings. The molecule has 0 saturated carbocycles. The summed E-state index contributed by atoms with van der Waals surface area (Å²) in [7, 11) is 1.56. The molecule has 0 radical (unpaired) electrons. The van der Waals surface area contributed by atoms with Crippen molar-refractivity contribution < 1.29 is 14.7 Å². The average molecular weight is 373 g/mol. The lowest BCUT2D eigenvalue weighted by atomic mass is 10.1. The Morgan fingerprint density at radius 2 is 1.86 bits per heavy atom. The summed E-state index contributed by atoms with van der Waals surface area (Å²) in [6, 6.07) is 19.8. The van der Waals surface area contributed by atoms with E-state index >= 15 is 0 Å². The summed E-state index contributed by atoms with van der Waals surface area (Å²) in [5, 5.41) is 13.3. The summed E-state index contributed by atoms with van der Waals surface area (Å²) in [6.07, 6.45) is 0. The number of nitrogens with one attached hydrogen (secondary N) is 1. The Labute approximate surface area is 162 Å². The lowest BCUT2D eigenvalue weighted by Gasteiger charge is -2.08. The number of aryl methyl sites for hydroxylation is 1. The van der Waals surface area contributed by atoms with E-state index in [-0.39, 0.29) is 5.91 Å². The van der Waals surface area contributed by atoms with Gasteiger partial charge in [-0.2, -0.15) is 4.73 Å². The average Bonchev–Trinajstić information content (AvgIpc) is 3.04. The molecular weight excluding hydrogens is 354 g/mol. The van der Waals surface area contributed by atoms with Gasteiger partial charge in [0.1, 0.15) is 11.3 Å². The molecule has 28 heavy (non-hydrogen) atoms. The Bertz CT molecular complexity index is 1160. The lowest BCUT2D eigenvalue weighted by Crippen LogP contribution is -2.11. The third-order valence-corrected chi connectivity index (χ3v) is 4.52. The van der Waals surface area contributed by atoms with Crippen LogP contribution in [0.15, 0.2) is 66.7 Å². The minimum atomic E-state index is -0.225. The third-order valence-electron chi connectivity index (χ3n) is 4.52. The van der Waals surface area contributed by atoms with Crippen LogP contribution in [0, 0.1) is 6.92 Å². The van der Waals surface area contributed by atoms with Crippen molar-refractivity contribution >= 4 is 22.6 Å². The SMILES string of the molecule is COc1cccc(C(=O)Nc2ccc(-c3nc4ccc(C)cc4n3O)cc2)c1. The van der Waals surface area contributed by atoms with Crippen molar-refractivity contribution in [1.29, 1.82) is 0 Å². The number of carbonyl (C=O) groups excluding carboxylic acids is 1. The number of rotatable bonds is 4. The summed E-state index contributed by atoms with van der Waals surface area (Å²) in [5.41, 5.74) is 4.33. The Balaban J connectivity index is 1.57. The quantitative estimate of drug-likeness (QED) is 0.516. The summed E-state index contributed by atoms with van der Waals surface area (Å²) >= 11 is 0. The molecule has 0 bridgehead atoms. The van der Waals surface area contributed by atoms with Gasteiger partial charge in [0, 0.05) is 16.8 Å². The number of nitrogens with zero attached hydrogens (tertiary/aromatic N) is 2. The van der Waals surface area contributed by atoms with Gasteiger partial charge in [-0.3, -0.25) is 4.79 Å². The number of fused-ring (bicyclic) bond motifs is 1. The number of anilines is 1. The first-order valence-corrected chi connectivity index (χ1v) is 8.79. The molecule has 4 rings (SSSR count). The van der Waals surface area contributed by atoms with Gasteiger partial charge in [-0.1, -0.05) is 12.1 Å². The topological polar surface area (TPSA) is 76.4 Å². The molecule has 0 aliphatic carbocycles. The Morgan fingerprint density at radius 3 is 2.61 bits per heavy atom. The summed E-state index contributed by atoms with van der Waals surface area (Å²) in [5.74, 6) is 0.850. The molecular formula is C22H19N3O3. The normalized spacial score (nSPS) is 10.8. The molecule has 0 saturated heterocycles. The van der Waals surface area contributed by atoms with Crippen molar-refractivity contribution in [2.45, 2.75) is 6.92 Å². The predicted octanol–water partition coefficient (Wildman–Crippen LogP) is 4.51. The van der Waals surface area contributed by atoms with Crippen molar-refractivity contribution in [1.82, 2.24) is 9.71 Å². The van der Waals surface area contributed by atoms with Crippen molar-refractivity contribution in [2.75, 3.05) is 12.4 Å². The molecule has 0 unspecified atom stereocenters. The van der Waals surface area contributed by atoms with Crippen LogP contribution in [-0.2, 0) is 0 Å². The largest absolute Gasteiger partial charge is 0.497 e. The number of hydrogen-bond donors (Lipinski definition) is 2. The zero-order valence-corrected chi connectivity index (χ0v) is 15.5. The van der Waals surface area contributed by atoms with Gasteiger partial charge in [0.25, 0.3) is 5.91 Å². The number of methoxy groups -OCH3 is 1. The van der Waals surface area contributed by atoms with E-state index in [1.54, 1.807) is 43.5 Å². The van der Waals surface area contributed by atoms with Crippen LogP contribution in [-0.4, -0.2) is 27.9 Å². The van der Waals surface area contributed by atoms with Crippen LogP contribution in [0.5, 0.6) is 5.75 Å². The standard InChI is InChI=1S/C22H19N3O3/c1-14-6-11-19-20(12-14)25(27)21(24-19)15-7-9-17(10-8-15)23-22(26)16-4-3-5-18(13-16)28-2/h3-13,27H,1-2H3,(H,23,26). The fourth-order valence-corrected chi connectivity index (χ4v) is 3.03. The Kier molecular flexibility index (Phi) is 4.45. The highest BCUT2D eigenvalue weighted by Gasteiger charge is 2.13. The second kappa shape index (κ2) is 7.08. The molecule has 1 aromatic heterocycles. The van der Waals surface area contributed by atoms with Crippen LogP contribution < -0.4 is 10.1 Å². The van der Waals surface area contributed by atoms with Gasteiger partial charge in [-0.15, -0.1) is 0 Å². The summed E-state index contributed by atoms with van der Waals surface area (Å²) < 4.78 is 6.24. The van der Waals surface area contributed by atoms with E-state index in [2.05, 4.69) is 10.3 Å². The second-order valence-electron chi connectivity index (χ2n) is 6.50. The maximum Gasteiger partial charge on any atom is 0.255 e. The van der Waals surface area contributed by atoms with Gasteiger partial charge in [-0.25, -0.2) is 4.98 Å². The van der Waals surface area contributed by atoms with Gasteiger partial charge in [0.15, 0.2) is 5.82 Å². The number of imidazole rings is 1. The van der Waals surface area contributed by atoms with Crippen molar-refractivity contribution in [2.24, 2.45) is 0 Å². The number of amides is 1. The van der Waals surface area contributed by atoms with Crippen LogP contribution in [0.3, 0.4) is 0 Å². The molecule has 0 fully saturated rings. The van der Waals surface area contributed by atoms with Crippen molar-refractivity contribution in [3.63, 3.8) is 0 Å². The van der Waals surface area contributed by atoms with Crippen LogP contribution >= 0.6 is 0 Å². The Morgan fingerprint density at radius 1 is 1.07 bits per heavy atom. The smallest absolute Gasteiger partial charge is 0.255 e.